The predicted molar refractivity (Wildman–Crippen MR) is 79.8 cm³/mol. The van der Waals surface area contributed by atoms with E-state index in [2.05, 4.69) is 17.2 Å². The molecule has 6 heteroatoms. The van der Waals surface area contributed by atoms with Crippen LogP contribution in [0.3, 0.4) is 0 Å². The fourth-order valence-corrected chi connectivity index (χ4v) is 3.15. The van der Waals surface area contributed by atoms with Crippen molar-refractivity contribution < 1.29 is 4.79 Å². The Kier molecular flexibility index (Phi) is 3.99. The number of nitrogens with zero attached hydrogens (tertiary/aromatic N) is 2. The lowest BCUT2D eigenvalue weighted by molar-refractivity contribution is 0.0825. The number of amides is 1. The highest BCUT2D eigenvalue weighted by Gasteiger charge is 2.37. The molecule has 1 aliphatic carbocycles. The van der Waals surface area contributed by atoms with Gasteiger partial charge in [-0.2, -0.15) is 0 Å². The SMILES string of the molecule is CCN(C)c1nc(N)c(C(=O)NC2(CC)CCC2)s1. The van der Waals surface area contributed by atoms with E-state index in [1.165, 1.54) is 17.8 Å². The Balaban J connectivity index is 2.13. The number of hydrogen-bond donors (Lipinski definition) is 2. The van der Waals surface area contributed by atoms with E-state index >= 15 is 0 Å². The molecule has 1 heterocycles. The van der Waals surface area contributed by atoms with Crippen molar-refractivity contribution in [1.82, 2.24) is 10.3 Å². The molecule has 0 spiro atoms. The Hall–Kier alpha value is -1.30. The molecule has 106 valence electrons. The van der Waals surface area contributed by atoms with Crippen LogP contribution in [0.25, 0.3) is 0 Å². The van der Waals surface area contributed by atoms with Gasteiger partial charge in [-0.15, -0.1) is 0 Å². The Bertz CT molecular complexity index is 462. The number of hydrogen-bond acceptors (Lipinski definition) is 5. The number of anilines is 2. The number of carbonyl (C=O) groups excluding carboxylic acids is 1. The average Bonchev–Trinajstić information content (AvgIpc) is 2.75. The van der Waals surface area contributed by atoms with E-state index in [-0.39, 0.29) is 11.4 Å². The lowest BCUT2D eigenvalue weighted by Crippen LogP contribution is -2.52. The van der Waals surface area contributed by atoms with Gasteiger partial charge in [-0.3, -0.25) is 4.79 Å². The fourth-order valence-electron chi connectivity index (χ4n) is 2.25. The Morgan fingerprint density at radius 3 is 2.68 bits per heavy atom. The minimum absolute atomic E-state index is 0.00959. The van der Waals surface area contributed by atoms with Crippen molar-refractivity contribution in [1.29, 1.82) is 0 Å². The van der Waals surface area contributed by atoms with Crippen molar-refractivity contribution in [3.05, 3.63) is 4.88 Å². The molecule has 0 atom stereocenters. The maximum absolute atomic E-state index is 12.3. The van der Waals surface area contributed by atoms with E-state index in [0.717, 1.165) is 30.9 Å². The van der Waals surface area contributed by atoms with Crippen molar-refractivity contribution in [3.63, 3.8) is 0 Å². The first kappa shape index (κ1) is 14.1. The summed E-state index contributed by atoms with van der Waals surface area (Å²) in [5.41, 5.74) is 5.86. The van der Waals surface area contributed by atoms with Crippen LogP contribution in [-0.2, 0) is 0 Å². The second kappa shape index (κ2) is 5.36. The second-order valence-electron chi connectivity index (χ2n) is 5.17. The molecule has 0 bridgehead atoms. The molecule has 1 amide bonds. The van der Waals surface area contributed by atoms with Gasteiger partial charge < -0.3 is 16.0 Å². The molecule has 0 unspecified atom stereocenters. The Morgan fingerprint density at radius 1 is 1.53 bits per heavy atom. The van der Waals surface area contributed by atoms with Gasteiger partial charge in [0.2, 0.25) is 0 Å². The van der Waals surface area contributed by atoms with Crippen LogP contribution in [0.15, 0.2) is 0 Å². The smallest absolute Gasteiger partial charge is 0.265 e. The van der Waals surface area contributed by atoms with E-state index in [0.29, 0.717) is 10.7 Å². The van der Waals surface area contributed by atoms with Gasteiger partial charge in [-0.05, 0) is 32.6 Å². The Labute approximate surface area is 118 Å². The number of rotatable bonds is 5. The summed E-state index contributed by atoms with van der Waals surface area (Å²) in [6.45, 7) is 5.00. The highest BCUT2D eigenvalue weighted by atomic mass is 32.1. The summed E-state index contributed by atoms with van der Waals surface area (Å²) in [7, 11) is 1.94. The quantitative estimate of drug-likeness (QED) is 0.869. The number of carbonyl (C=O) groups is 1. The van der Waals surface area contributed by atoms with Gasteiger partial charge >= 0.3 is 0 Å². The van der Waals surface area contributed by atoms with E-state index in [1.54, 1.807) is 0 Å². The number of nitrogen functional groups attached to an aromatic ring is 1. The van der Waals surface area contributed by atoms with Gasteiger partial charge in [0.25, 0.3) is 5.91 Å². The van der Waals surface area contributed by atoms with Crippen LogP contribution < -0.4 is 16.0 Å². The average molecular weight is 282 g/mol. The molecule has 0 radical (unpaired) electrons. The van der Waals surface area contributed by atoms with Crippen LogP contribution in [0.1, 0.15) is 49.2 Å². The van der Waals surface area contributed by atoms with Gasteiger partial charge in [0.05, 0.1) is 0 Å². The van der Waals surface area contributed by atoms with Crippen molar-refractivity contribution in [2.75, 3.05) is 24.2 Å². The van der Waals surface area contributed by atoms with Gasteiger partial charge in [0, 0.05) is 19.1 Å². The van der Waals surface area contributed by atoms with Crippen LogP contribution in [0.2, 0.25) is 0 Å². The third-order valence-electron chi connectivity index (χ3n) is 4.02. The zero-order valence-electron chi connectivity index (χ0n) is 11.8. The van der Waals surface area contributed by atoms with Crippen LogP contribution in [0.5, 0.6) is 0 Å². The normalized spacial score (nSPS) is 16.8. The summed E-state index contributed by atoms with van der Waals surface area (Å²) in [5.74, 6) is 0.260. The van der Waals surface area contributed by atoms with E-state index in [1.807, 2.05) is 18.9 Å². The molecule has 0 aliphatic heterocycles. The fraction of sp³-hybridized carbons (Fsp3) is 0.692. The molecule has 0 saturated heterocycles. The van der Waals surface area contributed by atoms with Crippen LogP contribution >= 0.6 is 11.3 Å². The second-order valence-corrected chi connectivity index (χ2v) is 6.14. The lowest BCUT2D eigenvalue weighted by Gasteiger charge is -2.41. The van der Waals surface area contributed by atoms with E-state index in [4.69, 9.17) is 5.73 Å². The molecule has 1 fully saturated rings. The maximum atomic E-state index is 12.3. The summed E-state index contributed by atoms with van der Waals surface area (Å²) in [6, 6.07) is 0. The minimum Gasteiger partial charge on any atom is -0.382 e. The first-order chi connectivity index (χ1) is 9.01. The first-order valence-corrected chi connectivity index (χ1v) is 7.63. The van der Waals surface area contributed by atoms with Crippen LogP contribution in [0, 0.1) is 0 Å². The number of nitrogens with one attached hydrogen (secondary N) is 1. The van der Waals surface area contributed by atoms with Crippen LogP contribution in [0.4, 0.5) is 10.9 Å². The molecule has 1 aliphatic rings. The number of thiazole rings is 1. The van der Waals surface area contributed by atoms with E-state index < -0.39 is 0 Å². The zero-order chi connectivity index (χ0) is 14.0. The zero-order valence-corrected chi connectivity index (χ0v) is 12.6. The third-order valence-corrected chi connectivity index (χ3v) is 5.20. The topological polar surface area (TPSA) is 71.2 Å². The standard InChI is InChI=1S/C13H22N4OS/c1-4-13(7-6-8-13)16-11(18)9-10(14)15-12(19-9)17(3)5-2/h4-8,14H2,1-3H3,(H,16,18). The van der Waals surface area contributed by atoms with Gasteiger partial charge in [0.1, 0.15) is 10.7 Å². The molecule has 19 heavy (non-hydrogen) atoms. The third kappa shape index (κ3) is 2.68. The molecule has 1 aromatic heterocycles. The van der Waals surface area contributed by atoms with Crippen molar-refractivity contribution in [3.8, 4) is 0 Å². The van der Waals surface area contributed by atoms with Crippen molar-refractivity contribution in [2.24, 2.45) is 0 Å². The van der Waals surface area contributed by atoms with Crippen LogP contribution in [-0.4, -0.2) is 30.0 Å². The molecule has 1 saturated carbocycles. The lowest BCUT2D eigenvalue weighted by atomic mass is 9.75. The molecule has 0 aromatic carbocycles. The van der Waals surface area contributed by atoms with Gasteiger partial charge in [0.15, 0.2) is 5.13 Å². The largest absolute Gasteiger partial charge is 0.382 e. The van der Waals surface area contributed by atoms with Crippen molar-refractivity contribution in [2.45, 2.75) is 45.1 Å². The minimum atomic E-state index is -0.0766. The molecule has 5 nitrogen and oxygen atoms in total. The summed E-state index contributed by atoms with van der Waals surface area (Å²) in [5, 5.41) is 3.94. The van der Waals surface area contributed by atoms with Gasteiger partial charge in [-0.1, -0.05) is 18.3 Å². The molecule has 3 N–H and O–H groups in total. The summed E-state index contributed by atoms with van der Waals surface area (Å²) >= 11 is 1.36. The highest BCUT2D eigenvalue weighted by molar-refractivity contribution is 7.18. The summed E-state index contributed by atoms with van der Waals surface area (Å²) in [4.78, 5) is 19.1. The summed E-state index contributed by atoms with van der Waals surface area (Å²) in [6.07, 6.45) is 4.29. The predicted octanol–water partition coefficient (Wildman–Crippen LogP) is 2.24. The maximum Gasteiger partial charge on any atom is 0.265 e. The molecular weight excluding hydrogens is 260 g/mol. The monoisotopic (exact) mass is 282 g/mol. The first-order valence-electron chi connectivity index (χ1n) is 6.81. The molecule has 2 rings (SSSR count). The molecule has 1 aromatic rings. The number of nitrogens with two attached hydrogens (primary N) is 1. The Morgan fingerprint density at radius 2 is 2.21 bits per heavy atom. The van der Waals surface area contributed by atoms with Crippen molar-refractivity contribution >= 4 is 28.2 Å². The highest BCUT2D eigenvalue weighted by Crippen LogP contribution is 2.36. The molecular formula is C13H22N4OS. The number of aromatic nitrogens is 1. The van der Waals surface area contributed by atoms with Gasteiger partial charge in [-0.25, -0.2) is 4.98 Å². The van der Waals surface area contributed by atoms with E-state index in [9.17, 15) is 4.79 Å². The summed E-state index contributed by atoms with van der Waals surface area (Å²) < 4.78 is 0.